The summed E-state index contributed by atoms with van der Waals surface area (Å²) in [6.07, 6.45) is 0. The molecule has 0 atom stereocenters. The van der Waals surface area contributed by atoms with E-state index >= 15 is 0 Å². The molecule has 4 rings (SSSR count). The Labute approximate surface area is 173 Å². The van der Waals surface area contributed by atoms with Crippen molar-refractivity contribution in [1.82, 2.24) is 9.21 Å². The van der Waals surface area contributed by atoms with E-state index in [0.717, 1.165) is 12.6 Å². The summed E-state index contributed by atoms with van der Waals surface area (Å²) in [5.41, 5.74) is 1.53. The fraction of sp³-hybridized carbons (Fsp3) is 0.300. The Kier molecular flexibility index (Phi) is 5.39. The highest BCUT2D eigenvalue weighted by Gasteiger charge is 2.30. The number of rotatable bonds is 5. The number of benzene rings is 2. The smallest absolute Gasteiger partial charge is 0.273 e. The maximum atomic E-state index is 13.0. The van der Waals surface area contributed by atoms with E-state index in [-0.39, 0.29) is 10.6 Å². The molecule has 0 saturated carbocycles. The van der Waals surface area contributed by atoms with E-state index in [1.54, 1.807) is 18.3 Å². The number of fused-ring (bicyclic) bond motifs is 1. The van der Waals surface area contributed by atoms with Crippen molar-refractivity contribution in [2.75, 3.05) is 26.2 Å². The van der Waals surface area contributed by atoms with Gasteiger partial charge in [0.15, 0.2) is 0 Å². The van der Waals surface area contributed by atoms with Crippen LogP contribution in [0.4, 0.5) is 5.69 Å². The number of nitro benzene ring substituents is 1. The molecular formula is C20H21N3O4S2. The first-order valence-electron chi connectivity index (χ1n) is 9.29. The second-order valence-corrected chi connectivity index (χ2v) is 9.99. The lowest BCUT2D eigenvalue weighted by atomic mass is 10.1. The van der Waals surface area contributed by atoms with Crippen molar-refractivity contribution >= 4 is 37.1 Å². The molecule has 0 aliphatic carbocycles. The number of aryl methyl sites for hydroxylation is 1. The summed E-state index contributed by atoms with van der Waals surface area (Å²) >= 11 is 1.72. The van der Waals surface area contributed by atoms with Crippen molar-refractivity contribution in [2.45, 2.75) is 18.4 Å². The van der Waals surface area contributed by atoms with Gasteiger partial charge in [-0.15, -0.1) is 11.3 Å². The Morgan fingerprint density at radius 1 is 1.10 bits per heavy atom. The van der Waals surface area contributed by atoms with Crippen LogP contribution in [-0.4, -0.2) is 48.7 Å². The van der Waals surface area contributed by atoms with Gasteiger partial charge in [0.25, 0.3) is 5.69 Å². The van der Waals surface area contributed by atoms with Gasteiger partial charge in [0.05, 0.1) is 9.82 Å². The van der Waals surface area contributed by atoms with E-state index in [4.69, 9.17) is 0 Å². The third kappa shape index (κ3) is 3.91. The van der Waals surface area contributed by atoms with Crippen molar-refractivity contribution in [3.05, 3.63) is 69.1 Å². The van der Waals surface area contributed by atoms with Crippen LogP contribution in [0.2, 0.25) is 0 Å². The summed E-state index contributed by atoms with van der Waals surface area (Å²) in [6.45, 7) is 4.36. The van der Waals surface area contributed by atoms with Crippen LogP contribution in [-0.2, 0) is 16.6 Å². The average molecular weight is 432 g/mol. The molecule has 0 N–H and O–H groups in total. The quantitative estimate of drug-likeness (QED) is 0.455. The number of nitrogens with zero attached hydrogens (tertiary/aromatic N) is 3. The highest BCUT2D eigenvalue weighted by atomic mass is 32.2. The lowest BCUT2D eigenvalue weighted by molar-refractivity contribution is -0.385. The number of sulfonamides is 1. The van der Waals surface area contributed by atoms with Crippen LogP contribution in [0.15, 0.2) is 52.7 Å². The van der Waals surface area contributed by atoms with Gasteiger partial charge in [-0.3, -0.25) is 15.0 Å². The first-order valence-corrected chi connectivity index (χ1v) is 11.6. The van der Waals surface area contributed by atoms with Gasteiger partial charge in [0.2, 0.25) is 10.0 Å². The molecule has 0 spiro atoms. The van der Waals surface area contributed by atoms with Gasteiger partial charge in [-0.25, -0.2) is 8.42 Å². The van der Waals surface area contributed by atoms with E-state index in [1.807, 2.05) is 12.1 Å². The molecule has 2 aromatic carbocycles. The van der Waals surface area contributed by atoms with Crippen LogP contribution in [0, 0.1) is 17.0 Å². The molecule has 1 saturated heterocycles. The Morgan fingerprint density at radius 3 is 2.55 bits per heavy atom. The minimum atomic E-state index is -3.75. The number of piperazine rings is 1. The summed E-state index contributed by atoms with van der Waals surface area (Å²) in [5.74, 6) is 0. The summed E-state index contributed by atoms with van der Waals surface area (Å²) in [7, 11) is -3.75. The molecule has 1 aromatic heterocycles. The summed E-state index contributed by atoms with van der Waals surface area (Å²) in [4.78, 5) is 12.8. The van der Waals surface area contributed by atoms with E-state index in [9.17, 15) is 18.5 Å². The van der Waals surface area contributed by atoms with Crippen LogP contribution in [0.3, 0.4) is 0 Å². The number of hydrogen-bond acceptors (Lipinski definition) is 6. The second kappa shape index (κ2) is 7.83. The van der Waals surface area contributed by atoms with E-state index < -0.39 is 14.9 Å². The Hall–Kier alpha value is -2.33. The normalized spacial score (nSPS) is 16.3. The zero-order chi connectivity index (χ0) is 20.6. The van der Waals surface area contributed by atoms with Crippen LogP contribution < -0.4 is 0 Å². The van der Waals surface area contributed by atoms with E-state index in [1.165, 1.54) is 32.1 Å². The van der Waals surface area contributed by atoms with Crippen molar-refractivity contribution in [3.8, 4) is 0 Å². The fourth-order valence-electron chi connectivity index (χ4n) is 3.62. The molecular weight excluding hydrogens is 410 g/mol. The molecule has 1 aliphatic rings. The third-order valence-electron chi connectivity index (χ3n) is 5.30. The van der Waals surface area contributed by atoms with Gasteiger partial charge in [0.1, 0.15) is 0 Å². The van der Waals surface area contributed by atoms with Gasteiger partial charge in [0, 0.05) is 49.1 Å². The van der Waals surface area contributed by atoms with Crippen molar-refractivity contribution in [2.24, 2.45) is 0 Å². The zero-order valence-corrected chi connectivity index (χ0v) is 17.6. The Balaban J connectivity index is 1.46. The fourth-order valence-corrected chi connectivity index (χ4v) is 6.02. The maximum absolute atomic E-state index is 13.0. The predicted molar refractivity (Wildman–Crippen MR) is 114 cm³/mol. The summed E-state index contributed by atoms with van der Waals surface area (Å²) < 4.78 is 28.6. The molecule has 1 fully saturated rings. The molecule has 3 aromatic rings. The monoisotopic (exact) mass is 431 g/mol. The minimum absolute atomic E-state index is 0.0212. The standard InChI is InChI=1S/C20H21N3O4S2/c1-15-6-7-17(12-19(15)23(24)25)29(26,27)22-10-8-21(9-11-22)13-16-14-28-20-5-3-2-4-18(16)20/h2-7,12,14H,8-11,13H2,1H3. The SMILES string of the molecule is Cc1ccc(S(=O)(=O)N2CCN(Cc3csc4ccccc34)CC2)cc1[N+](=O)[O-]. The van der Waals surface area contributed by atoms with Gasteiger partial charge in [-0.2, -0.15) is 4.31 Å². The highest BCUT2D eigenvalue weighted by molar-refractivity contribution is 7.89. The second-order valence-electron chi connectivity index (χ2n) is 7.14. The van der Waals surface area contributed by atoms with Gasteiger partial charge < -0.3 is 0 Å². The van der Waals surface area contributed by atoms with Crippen molar-refractivity contribution < 1.29 is 13.3 Å². The summed E-state index contributed by atoms with van der Waals surface area (Å²) in [6, 6.07) is 12.4. The molecule has 9 heteroatoms. The zero-order valence-electron chi connectivity index (χ0n) is 15.9. The summed E-state index contributed by atoms with van der Waals surface area (Å²) in [5, 5.41) is 14.6. The molecule has 152 valence electrons. The molecule has 2 heterocycles. The molecule has 0 unspecified atom stereocenters. The highest BCUT2D eigenvalue weighted by Crippen LogP contribution is 2.28. The molecule has 1 aliphatic heterocycles. The van der Waals surface area contributed by atoms with Crippen LogP contribution in [0.1, 0.15) is 11.1 Å². The van der Waals surface area contributed by atoms with E-state index in [2.05, 4.69) is 22.4 Å². The maximum Gasteiger partial charge on any atom is 0.273 e. The lowest BCUT2D eigenvalue weighted by Crippen LogP contribution is -2.48. The van der Waals surface area contributed by atoms with Gasteiger partial charge in [-0.05, 0) is 35.4 Å². The average Bonchev–Trinajstić information content (AvgIpc) is 3.11. The molecule has 29 heavy (non-hydrogen) atoms. The van der Waals surface area contributed by atoms with Crippen molar-refractivity contribution in [1.29, 1.82) is 0 Å². The number of thiophene rings is 1. The first-order chi connectivity index (χ1) is 13.9. The minimum Gasteiger partial charge on any atom is -0.296 e. The Morgan fingerprint density at radius 2 is 1.83 bits per heavy atom. The molecule has 0 bridgehead atoms. The third-order valence-corrected chi connectivity index (χ3v) is 8.21. The first kappa shape index (κ1) is 20.0. The molecule has 7 nitrogen and oxygen atoms in total. The predicted octanol–water partition coefficient (Wildman–Crippen LogP) is 3.62. The molecule has 0 amide bonds. The Bertz CT molecular complexity index is 1170. The van der Waals surface area contributed by atoms with Crippen LogP contribution >= 0.6 is 11.3 Å². The van der Waals surface area contributed by atoms with Crippen LogP contribution in [0.5, 0.6) is 0 Å². The number of nitro groups is 1. The van der Waals surface area contributed by atoms with Crippen molar-refractivity contribution in [3.63, 3.8) is 0 Å². The van der Waals surface area contributed by atoms with Gasteiger partial charge >= 0.3 is 0 Å². The number of hydrogen-bond donors (Lipinski definition) is 0. The van der Waals surface area contributed by atoms with Gasteiger partial charge in [-0.1, -0.05) is 24.3 Å². The van der Waals surface area contributed by atoms with E-state index in [0.29, 0.717) is 31.7 Å². The largest absolute Gasteiger partial charge is 0.296 e. The van der Waals surface area contributed by atoms with Crippen LogP contribution in [0.25, 0.3) is 10.1 Å². The lowest BCUT2D eigenvalue weighted by Gasteiger charge is -2.33. The topological polar surface area (TPSA) is 83.8 Å². The molecule has 0 radical (unpaired) electrons.